The molecule has 1 saturated heterocycles. The van der Waals surface area contributed by atoms with E-state index < -0.39 is 11.9 Å². The first-order valence-corrected chi connectivity index (χ1v) is 8.08. The molecule has 9 heteroatoms. The summed E-state index contributed by atoms with van der Waals surface area (Å²) in [7, 11) is 0. The maximum Gasteiger partial charge on any atom is 0.321 e. The molecule has 2 N–H and O–H groups in total. The van der Waals surface area contributed by atoms with Crippen LogP contribution in [-0.4, -0.2) is 55.3 Å². The van der Waals surface area contributed by atoms with Gasteiger partial charge in [-0.05, 0) is 47.9 Å². The van der Waals surface area contributed by atoms with Gasteiger partial charge in [0.25, 0.3) is 0 Å². The number of amides is 2. The van der Waals surface area contributed by atoms with E-state index in [0.717, 1.165) is 5.69 Å². The predicted octanol–water partition coefficient (Wildman–Crippen LogP) is 1.55. The largest absolute Gasteiger partial charge is 0.481 e. The standard InChI is InChI=1S/C16H20N6O3/c1-10-6-12(15(23)24)9-21(8-10)16(25)17-13-4-3-5-14(7-13)22-11(2)18-19-20-22/h3-5,7,10,12H,6,8-9H2,1-2H3,(H,17,25)(H,23,24). The summed E-state index contributed by atoms with van der Waals surface area (Å²) >= 11 is 0. The molecule has 9 nitrogen and oxygen atoms in total. The molecule has 0 saturated carbocycles. The number of urea groups is 1. The normalized spacial score (nSPS) is 20.3. The van der Waals surface area contributed by atoms with Crippen molar-refractivity contribution in [3.05, 3.63) is 30.1 Å². The summed E-state index contributed by atoms with van der Waals surface area (Å²) in [5, 5.41) is 23.4. The highest BCUT2D eigenvalue weighted by molar-refractivity contribution is 5.90. The summed E-state index contributed by atoms with van der Waals surface area (Å²) in [6.07, 6.45) is 0.590. The van der Waals surface area contributed by atoms with Crippen molar-refractivity contribution >= 4 is 17.7 Å². The molecule has 3 rings (SSSR count). The molecule has 2 atom stereocenters. The van der Waals surface area contributed by atoms with Gasteiger partial charge in [-0.1, -0.05) is 13.0 Å². The first-order chi connectivity index (χ1) is 11.9. The number of carboxylic acid groups (broad SMARTS) is 1. The van der Waals surface area contributed by atoms with Gasteiger partial charge in [0.1, 0.15) is 0 Å². The minimum atomic E-state index is -0.861. The Morgan fingerprint density at radius 3 is 2.80 bits per heavy atom. The summed E-state index contributed by atoms with van der Waals surface area (Å²) < 4.78 is 1.57. The van der Waals surface area contributed by atoms with Crippen molar-refractivity contribution in [1.82, 2.24) is 25.1 Å². The molecule has 1 aliphatic heterocycles. The van der Waals surface area contributed by atoms with Gasteiger partial charge in [0, 0.05) is 18.8 Å². The monoisotopic (exact) mass is 344 g/mol. The zero-order valence-electron chi connectivity index (χ0n) is 14.1. The number of anilines is 1. The SMILES string of the molecule is Cc1nnnn1-c1cccc(NC(=O)N2CC(C)CC(C(=O)O)C2)c1. The number of aryl methyl sites for hydroxylation is 1. The number of aromatic nitrogens is 4. The maximum atomic E-state index is 12.5. The number of nitrogens with one attached hydrogen (secondary N) is 1. The lowest BCUT2D eigenvalue weighted by atomic mass is 9.91. The second-order valence-electron chi connectivity index (χ2n) is 6.40. The molecule has 1 aromatic carbocycles. The van der Waals surface area contributed by atoms with Crippen LogP contribution in [0, 0.1) is 18.8 Å². The van der Waals surface area contributed by atoms with Crippen molar-refractivity contribution in [2.24, 2.45) is 11.8 Å². The number of carbonyl (C=O) groups is 2. The lowest BCUT2D eigenvalue weighted by Crippen LogP contribution is -2.47. The molecule has 132 valence electrons. The first kappa shape index (κ1) is 16.9. The molecule has 1 aliphatic rings. The highest BCUT2D eigenvalue weighted by atomic mass is 16.4. The van der Waals surface area contributed by atoms with Crippen LogP contribution in [0.1, 0.15) is 19.2 Å². The van der Waals surface area contributed by atoms with Crippen LogP contribution in [0.15, 0.2) is 24.3 Å². The molecule has 1 aromatic heterocycles. The van der Waals surface area contributed by atoms with E-state index in [0.29, 0.717) is 24.5 Å². The number of hydrogen-bond acceptors (Lipinski definition) is 5. The fraction of sp³-hybridized carbons (Fsp3) is 0.438. The molecule has 2 unspecified atom stereocenters. The fourth-order valence-electron chi connectivity index (χ4n) is 3.08. The van der Waals surface area contributed by atoms with Crippen molar-refractivity contribution < 1.29 is 14.7 Å². The van der Waals surface area contributed by atoms with Crippen molar-refractivity contribution in [3.63, 3.8) is 0 Å². The smallest absolute Gasteiger partial charge is 0.321 e. The Kier molecular flexibility index (Phi) is 4.64. The lowest BCUT2D eigenvalue weighted by Gasteiger charge is -2.34. The van der Waals surface area contributed by atoms with Gasteiger partial charge >= 0.3 is 12.0 Å². The minimum absolute atomic E-state index is 0.149. The second kappa shape index (κ2) is 6.88. The van der Waals surface area contributed by atoms with Gasteiger partial charge < -0.3 is 15.3 Å². The van der Waals surface area contributed by atoms with Crippen LogP contribution < -0.4 is 5.32 Å². The van der Waals surface area contributed by atoms with Crippen molar-refractivity contribution in [3.8, 4) is 5.69 Å². The fourth-order valence-corrected chi connectivity index (χ4v) is 3.08. The van der Waals surface area contributed by atoms with Gasteiger partial charge in [0.15, 0.2) is 5.82 Å². The van der Waals surface area contributed by atoms with Crippen molar-refractivity contribution in [2.45, 2.75) is 20.3 Å². The predicted molar refractivity (Wildman–Crippen MR) is 89.4 cm³/mol. The average molecular weight is 344 g/mol. The molecule has 25 heavy (non-hydrogen) atoms. The summed E-state index contributed by atoms with van der Waals surface area (Å²) in [5.74, 6) is -0.598. The van der Waals surface area contributed by atoms with Gasteiger partial charge in [-0.3, -0.25) is 4.79 Å². The van der Waals surface area contributed by atoms with Crippen LogP contribution >= 0.6 is 0 Å². The molecule has 2 aromatic rings. The topological polar surface area (TPSA) is 113 Å². The van der Waals surface area contributed by atoms with E-state index in [4.69, 9.17) is 0 Å². The quantitative estimate of drug-likeness (QED) is 0.873. The van der Waals surface area contributed by atoms with E-state index in [-0.39, 0.29) is 18.5 Å². The van der Waals surface area contributed by atoms with Gasteiger partial charge in [0.2, 0.25) is 0 Å². The van der Waals surface area contributed by atoms with Crippen molar-refractivity contribution in [2.75, 3.05) is 18.4 Å². The zero-order chi connectivity index (χ0) is 18.0. The van der Waals surface area contributed by atoms with Crippen LogP contribution in [-0.2, 0) is 4.79 Å². The van der Waals surface area contributed by atoms with E-state index in [1.165, 1.54) is 0 Å². The molecule has 2 amide bonds. The van der Waals surface area contributed by atoms with Crippen LogP contribution in [0.4, 0.5) is 10.5 Å². The van der Waals surface area contributed by atoms with Gasteiger partial charge in [-0.25, -0.2) is 4.79 Å². The highest BCUT2D eigenvalue weighted by Crippen LogP contribution is 2.23. The number of tetrazole rings is 1. The first-order valence-electron chi connectivity index (χ1n) is 8.08. The third-order valence-corrected chi connectivity index (χ3v) is 4.26. The van der Waals surface area contributed by atoms with Crippen LogP contribution in [0.2, 0.25) is 0 Å². The van der Waals surface area contributed by atoms with E-state index in [1.807, 2.05) is 13.0 Å². The summed E-state index contributed by atoms with van der Waals surface area (Å²) in [5.41, 5.74) is 1.33. The van der Waals surface area contributed by atoms with Crippen LogP contribution in [0.5, 0.6) is 0 Å². The molecule has 2 heterocycles. The second-order valence-corrected chi connectivity index (χ2v) is 6.40. The summed E-state index contributed by atoms with van der Waals surface area (Å²) in [6, 6.07) is 6.86. The third kappa shape index (κ3) is 3.76. The van der Waals surface area contributed by atoms with Crippen molar-refractivity contribution in [1.29, 1.82) is 0 Å². The minimum Gasteiger partial charge on any atom is -0.481 e. The molecule has 0 radical (unpaired) electrons. The number of hydrogen-bond donors (Lipinski definition) is 2. The number of carboxylic acids is 1. The molecule has 0 aliphatic carbocycles. The third-order valence-electron chi connectivity index (χ3n) is 4.26. The number of piperidine rings is 1. The Balaban J connectivity index is 1.73. The Morgan fingerprint density at radius 2 is 2.12 bits per heavy atom. The van der Waals surface area contributed by atoms with E-state index >= 15 is 0 Å². The number of nitrogens with zero attached hydrogens (tertiary/aromatic N) is 5. The number of likely N-dealkylation sites (tertiary alicyclic amines) is 1. The van der Waals surface area contributed by atoms with E-state index in [1.54, 1.807) is 34.7 Å². The molecular formula is C16H20N6O3. The Labute approximate surface area is 144 Å². The molecule has 0 spiro atoms. The van der Waals surface area contributed by atoms with Crippen LogP contribution in [0.25, 0.3) is 5.69 Å². The van der Waals surface area contributed by atoms with Gasteiger partial charge in [-0.15, -0.1) is 5.10 Å². The van der Waals surface area contributed by atoms with E-state index in [9.17, 15) is 14.7 Å². The molecular weight excluding hydrogens is 324 g/mol. The molecule has 0 bridgehead atoms. The Morgan fingerprint density at radius 1 is 1.32 bits per heavy atom. The van der Waals surface area contributed by atoms with Crippen LogP contribution in [0.3, 0.4) is 0 Å². The number of aliphatic carboxylic acids is 1. The zero-order valence-corrected chi connectivity index (χ0v) is 14.1. The van der Waals surface area contributed by atoms with Gasteiger partial charge in [0.05, 0.1) is 11.6 Å². The lowest BCUT2D eigenvalue weighted by molar-refractivity contribution is -0.143. The number of rotatable bonds is 3. The number of carbonyl (C=O) groups excluding carboxylic acids is 1. The summed E-state index contributed by atoms with van der Waals surface area (Å²) in [6.45, 7) is 4.50. The number of benzene rings is 1. The highest BCUT2D eigenvalue weighted by Gasteiger charge is 2.31. The van der Waals surface area contributed by atoms with E-state index in [2.05, 4.69) is 20.8 Å². The maximum absolute atomic E-state index is 12.5. The summed E-state index contributed by atoms with van der Waals surface area (Å²) in [4.78, 5) is 25.3. The molecule has 1 fully saturated rings. The Hall–Kier alpha value is -2.97. The average Bonchev–Trinajstić information content (AvgIpc) is 3.00. The van der Waals surface area contributed by atoms with Gasteiger partial charge in [-0.2, -0.15) is 4.68 Å². The Bertz CT molecular complexity index is 790.